The maximum Gasteiger partial charge on any atom is 0.308 e. The highest BCUT2D eigenvalue weighted by Crippen LogP contribution is 2.44. The highest BCUT2D eigenvalue weighted by Gasteiger charge is 2.33. The number of hydrogen-bond acceptors (Lipinski definition) is 7. The van der Waals surface area contributed by atoms with Gasteiger partial charge in [0.1, 0.15) is 17.1 Å². The number of hydrogen-bond donors (Lipinski definition) is 0. The highest BCUT2D eigenvalue weighted by molar-refractivity contribution is 5.82. The van der Waals surface area contributed by atoms with Crippen LogP contribution >= 0.6 is 0 Å². The number of pyridine rings is 1. The Bertz CT molecular complexity index is 890. The van der Waals surface area contributed by atoms with E-state index >= 15 is 0 Å². The zero-order valence-electron chi connectivity index (χ0n) is 16.1. The van der Waals surface area contributed by atoms with Gasteiger partial charge in [0.05, 0.1) is 30.5 Å². The van der Waals surface area contributed by atoms with E-state index in [1.165, 1.54) is 11.8 Å². The summed E-state index contributed by atoms with van der Waals surface area (Å²) in [6, 6.07) is 3.72. The van der Waals surface area contributed by atoms with Gasteiger partial charge in [0.2, 0.25) is 0 Å². The second-order valence-electron chi connectivity index (χ2n) is 7.55. The maximum atomic E-state index is 11.9. The molecular formula is C20H24N4O4. The molecule has 148 valence electrons. The standard InChI is InChI=1S/C20H24N4O4/c1-24-16(11-25)19(22-23-24)15-8-9-17(18(21-15)12-6-7-12)28-14-5-3-4-13(10-14)20(26)27-2/h8-9,11-14H,3-7,10H2,1-2H3/t13-,14-/m0/s1. The number of esters is 1. The highest BCUT2D eigenvalue weighted by atomic mass is 16.5. The largest absolute Gasteiger partial charge is 0.488 e. The molecule has 0 aromatic carbocycles. The molecule has 2 aliphatic carbocycles. The molecular weight excluding hydrogens is 360 g/mol. The minimum absolute atomic E-state index is 0.0231. The first kappa shape index (κ1) is 18.6. The quantitative estimate of drug-likeness (QED) is 0.558. The number of aryl methyl sites for hydroxylation is 1. The lowest BCUT2D eigenvalue weighted by molar-refractivity contribution is -0.147. The summed E-state index contributed by atoms with van der Waals surface area (Å²) >= 11 is 0. The Hall–Kier alpha value is -2.77. The Kier molecular flexibility index (Phi) is 5.11. The molecule has 2 atom stereocenters. The lowest BCUT2D eigenvalue weighted by atomic mass is 9.87. The summed E-state index contributed by atoms with van der Waals surface area (Å²) in [5.41, 5.74) is 2.41. The van der Waals surface area contributed by atoms with E-state index < -0.39 is 0 Å². The fourth-order valence-corrected chi connectivity index (χ4v) is 3.83. The molecule has 8 nitrogen and oxygen atoms in total. The SMILES string of the molecule is COC(=O)[C@H]1CCC[C@H](Oc2ccc(-c3nnn(C)c3C=O)nc2C2CC2)C1. The van der Waals surface area contributed by atoms with Crippen molar-refractivity contribution in [2.75, 3.05) is 7.11 Å². The molecule has 2 saturated carbocycles. The lowest BCUT2D eigenvalue weighted by Crippen LogP contribution is -2.30. The Balaban J connectivity index is 1.58. The molecule has 0 N–H and O–H groups in total. The van der Waals surface area contributed by atoms with E-state index in [1.54, 1.807) is 7.05 Å². The smallest absolute Gasteiger partial charge is 0.308 e. The van der Waals surface area contributed by atoms with Gasteiger partial charge in [0, 0.05) is 13.0 Å². The Morgan fingerprint density at radius 1 is 1.25 bits per heavy atom. The molecule has 28 heavy (non-hydrogen) atoms. The van der Waals surface area contributed by atoms with Crippen LogP contribution in [0.4, 0.5) is 0 Å². The van der Waals surface area contributed by atoms with Gasteiger partial charge in [0.15, 0.2) is 6.29 Å². The van der Waals surface area contributed by atoms with E-state index in [0.29, 0.717) is 29.4 Å². The average molecular weight is 384 g/mol. The summed E-state index contributed by atoms with van der Waals surface area (Å²) in [5.74, 6) is 0.868. The van der Waals surface area contributed by atoms with Gasteiger partial charge in [-0.1, -0.05) is 5.21 Å². The summed E-state index contributed by atoms with van der Waals surface area (Å²) in [6.45, 7) is 0. The fraction of sp³-hybridized carbons (Fsp3) is 0.550. The monoisotopic (exact) mass is 384 g/mol. The minimum Gasteiger partial charge on any atom is -0.488 e. The zero-order valence-corrected chi connectivity index (χ0v) is 16.1. The van der Waals surface area contributed by atoms with Crippen LogP contribution in [0.15, 0.2) is 12.1 Å². The molecule has 2 fully saturated rings. The van der Waals surface area contributed by atoms with Gasteiger partial charge in [0.25, 0.3) is 0 Å². The van der Waals surface area contributed by atoms with Crippen LogP contribution in [0.25, 0.3) is 11.4 Å². The van der Waals surface area contributed by atoms with Gasteiger partial charge in [-0.15, -0.1) is 5.10 Å². The second kappa shape index (κ2) is 7.69. The lowest BCUT2D eigenvalue weighted by Gasteiger charge is -2.28. The van der Waals surface area contributed by atoms with E-state index in [1.807, 2.05) is 12.1 Å². The van der Waals surface area contributed by atoms with Crippen molar-refractivity contribution in [3.63, 3.8) is 0 Å². The number of nitrogens with zero attached hydrogens (tertiary/aromatic N) is 4. The van der Waals surface area contributed by atoms with E-state index in [2.05, 4.69) is 10.3 Å². The van der Waals surface area contributed by atoms with Crippen LogP contribution in [-0.4, -0.2) is 45.4 Å². The van der Waals surface area contributed by atoms with Gasteiger partial charge >= 0.3 is 5.97 Å². The molecule has 0 bridgehead atoms. The number of aromatic nitrogens is 4. The predicted octanol–water partition coefficient (Wildman–Crippen LogP) is 2.68. The van der Waals surface area contributed by atoms with Crippen molar-refractivity contribution >= 4 is 12.3 Å². The molecule has 0 spiro atoms. The molecule has 4 rings (SSSR count). The van der Waals surface area contributed by atoms with E-state index in [4.69, 9.17) is 14.5 Å². The van der Waals surface area contributed by atoms with Crippen molar-refractivity contribution in [3.8, 4) is 17.1 Å². The van der Waals surface area contributed by atoms with Gasteiger partial charge in [-0.25, -0.2) is 9.67 Å². The minimum atomic E-state index is -0.159. The molecule has 0 unspecified atom stereocenters. The first-order valence-corrected chi connectivity index (χ1v) is 9.71. The Morgan fingerprint density at radius 3 is 2.79 bits per heavy atom. The van der Waals surface area contributed by atoms with Crippen LogP contribution in [0.3, 0.4) is 0 Å². The molecule has 2 aromatic heterocycles. The third-order valence-corrected chi connectivity index (χ3v) is 5.53. The van der Waals surface area contributed by atoms with Crippen LogP contribution < -0.4 is 4.74 Å². The van der Waals surface area contributed by atoms with Crippen molar-refractivity contribution in [2.24, 2.45) is 13.0 Å². The third-order valence-electron chi connectivity index (χ3n) is 5.53. The molecule has 2 aromatic rings. The third kappa shape index (κ3) is 3.63. The molecule has 0 aliphatic heterocycles. The first-order valence-electron chi connectivity index (χ1n) is 9.71. The van der Waals surface area contributed by atoms with Gasteiger partial charge in [-0.05, 0) is 50.7 Å². The topological polar surface area (TPSA) is 96.2 Å². The van der Waals surface area contributed by atoms with Crippen LogP contribution in [0, 0.1) is 5.92 Å². The van der Waals surface area contributed by atoms with Crippen molar-refractivity contribution < 1.29 is 19.1 Å². The average Bonchev–Trinajstić information content (AvgIpc) is 3.50. The van der Waals surface area contributed by atoms with Crippen molar-refractivity contribution in [1.82, 2.24) is 20.0 Å². The first-order chi connectivity index (χ1) is 13.6. The normalized spacial score (nSPS) is 21.9. The number of aldehydes is 1. The van der Waals surface area contributed by atoms with Crippen LogP contribution in [-0.2, 0) is 16.6 Å². The van der Waals surface area contributed by atoms with Crippen molar-refractivity contribution in [2.45, 2.75) is 50.5 Å². The fourth-order valence-electron chi connectivity index (χ4n) is 3.83. The summed E-state index contributed by atoms with van der Waals surface area (Å²) in [5, 5.41) is 8.01. The van der Waals surface area contributed by atoms with E-state index in [-0.39, 0.29) is 18.0 Å². The van der Waals surface area contributed by atoms with E-state index in [0.717, 1.165) is 49.8 Å². The molecule has 8 heteroatoms. The number of carbonyl (C=O) groups excluding carboxylic acids is 2. The number of rotatable bonds is 6. The molecule has 0 amide bonds. The zero-order chi connectivity index (χ0) is 19.7. The number of ether oxygens (including phenoxy) is 2. The van der Waals surface area contributed by atoms with E-state index in [9.17, 15) is 9.59 Å². The van der Waals surface area contributed by atoms with Crippen LogP contribution in [0.5, 0.6) is 5.75 Å². The van der Waals surface area contributed by atoms with Crippen molar-refractivity contribution in [3.05, 3.63) is 23.5 Å². The summed E-state index contributed by atoms with van der Waals surface area (Å²) in [6.07, 6.45) is 6.23. The Labute approximate surface area is 163 Å². The summed E-state index contributed by atoms with van der Waals surface area (Å²) < 4.78 is 12.6. The predicted molar refractivity (Wildman–Crippen MR) is 100.0 cm³/mol. The maximum absolute atomic E-state index is 11.9. The van der Waals surface area contributed by atoms with Gasteiger partial charge in [-0.2, -0.15) is 0 Å². The number of carbonyl (C=O) groups is 2. The van der Waals surface area contributed by atoms with Crippen molar-refractivity contribution in [1.29, 1.82) is 0 Å². The summed E-state index contributed by atoms with van der Waals surface area (Å²) in [7, 11) is 3.11. The van der Waals surface area contributed by atoms with Crippen LogP contribution in [0.1, 0.15) is 60.6 Å². The molecule has 2 aliphatic rings. The molecule has 0 radical (unpaired) electrons. The molecule has 0 saturated heterocycles. The Morgan fingerprint density at radius 2 is 2.07 bits per heavy atom. The van der Waals surface area contributed by atoms with Gasteiger partial charge < -0.3 is 9.47 Å². The summed E-state index contributed by atoms with van der Waals surface area (Å²) in [4.78, 5) is 28.0. The van der Waals surface area contributed by atoms with Gasteiger partial charge in [-0.3, -0.25) is 9.59 Å². The number of methoxy groups -OCH3 is 1. The van der Waals surface area contributed by atoms with Crippen LogP contribution in [0.2, 0.25) is 0 Å². The molecule has 2 heterocycles. The second-order valence-corrected chi connectivity index (χ2v) is 7.55.